The highest BCUT2D eigenvalue weighted by atomic mass is 15.3. The Morgan fingerprint density at radius 1 is 1.12 bits per heavy atom. The molecule has 0 unspecified atom stereocenters. The molecule has 16 heavy (non-hydrogen) atoms. The number of benzene rings is 1. The van der Waals surface area contributed by atoms with Gasteiger partial charge in [-0.25, -0.2) is 0 Å². The second-order valence-corrected chi connectivity index (χ2v) is 3.85. The van der Waals surface area contributed by atoms with Crippen LogP contribution in [0.5, 0.6) is 0 Å². The molecular weight excluding hydrogens is 198 g/mol. The van der Waals surface area contributed by atoms with E-state index in [1.165, 1.54) is 11.1 Å². The van der Waals surface area contributed by atoms with Crippen LogP contribution in [0.3, 0.4) is 0 Å². The lowest BCUT2D eigenvalue weighted by atomic mass is 10.1. The maximum absolute atomic E-state index is 5.63. The molecule has 0 aliphatic rings. The van der Waals surface area contributed by atoms with Crippen LogP contribution in [0.4, 0.5) is 0 Å². The first-order valence-electron chi connectivity index (χ1n) is 5.62. The minimum Gasteiger partial charge on any atom is -0.325 e. The van der Waals surface area contributed by atoms with Gasteiger partial charge in [0.1, 0.15) is 0 Å². The fourth-order valence-corrected chi connectivity index (χ4v) is 1.73. The molecule has 84 valence electrons. The summed E-state index contributed by atoms with van der Waals surface area (Å²) in [4.78, 5) is 0. The molecule has 0 saturated carbocycles. The lowest BCUT2D eigenvalue weighted by Gasteiger charge is -2.06. The Balaban J connectivity index is 2.14. The van der Waals surface area contributed by atoms with Gasteiger partial charge in [-0.15, -0.1) is 0 Å². The molecule has 0 atom stereocenters. The van der Waals surface area contributed by atoms with E-state index < -0.39 is 0 Å². The summed E-state index contributed by atoms with van der Waals surface area (Å²) in [5.41, 5.74) is 9.33. The Morgan fingerprint density at radius 3 is 2.44 bits per heavy atom. The molecule has 0 aliphatic heterocycles. The van der Waals surface area contributed by atoms with Crippen molar-refractivity contribution in [3.05, 3.63) is 53.3 Å². The Hall–Kier alpha value is -1.61. The largest absolute Gasteiger partial charge is 0.325 e. The van der Waals surface area contributed by atoms with E-state index in [0.29, 0.717) is 6.54 Å². The third kappa shape index (κ3) is 2.31. The van der Waals surface area contributed by atoms with Crippen LogP contribution >= 0.6 is 0 Å². The minimum absolute atomic E-state index is 0.535. The molecule has 2 rings (SSSR count). The minimum atomic E-state index is 0.535. The molecule has 0 saturated heterocycles. The summed E-state index contributed by atoms with van der Waals surface area (Å²) in [5, 5.41) is 4.26. The van der Waals surface area contributed by atoms with Crippen LogP contribution in [0.2, 0.25) is 0 Å². The van der Waals surface area contributed by atoms with E-state index in [9.17, 15) is 0 Å². The predicted molar refractivity (Wildman–Crippen MR) is 65.0 cm³/mol. The normalized spacial score (nSPS) is 10.6. The third-order valence-corrected chi connectivity index (χ3v) is 2.78. The fraction of sp³-hybridized carbons (Fsp3) is 0.308. The van der Waals surface area contributed by atoms with Crippen molar-refractivity contribution in [3.63, 3.8) is 0 Å². The molecule has 0 spiro atoms. The molecule has 3 heteroatoms. The van der Waals surface area contributed by atoms with Crippen LogP contribution in [0.1, 0.15) is 23.7 Å². The van der Waals surface area contributed by atoms with Crippen molar-refractivity contribution >= 4 is 0 Å². The van der Waals surface area contributed by atoms with Crippen LogP contribution in [-0.4, -0.2) is 9.78 Å². The van der Waals surface area contributed by atoms with Gasteiger partial charge in [0.2, 0.25) is 0 Å². The van der Waals surface area contributed by atoms with Crippen molar-refractivity contribution < 1.29 is 0 Å². The van der Waals surface area contributed by atoms with E-state index in [4.69, 9.17) is 5.73 Å². The zero-order chi connectivity index (χ0) is 11.4. The molecule has 3 nitrogen and oxygen atoms in total. The SMILES string of the molecule is CCc1ccc(Cn2nccc2CN)cc1. The molecule has 2 aromatic rings. The quantitative estimate of drug-likeness (QED) is 0.847. The number of rotatable bonds is 4. The summed E-state index contributed by atoms with van der Waals surface area (Å²) in [7, 11) is 0. The second-order valence-electron chi connectivity index (χ2n) is 3.85. The van der Waals surface area contributed by atoms with Gasteiger partial charge in [0.25, 0.3) is 0 Å². The zero-order valence-corrected chi connectivity index (χ0v) is 9.56. The van der Waals surface area contributed by atoms with Gasteiger partial charge in [0.15, 0.2) is 0 Å². The summed E-state index contributed by atoms with van der Waals surface area (Å²) in [5.74, 6) is 0. The lowest BCUT2D eigenvalue weighted by molar-refractivity contribution is 0.646. The van der Waals surface area contributed by atoms with Crippen LogP contribution in [0, 0.1) is 0 Å². The highest BCUT2D eigenvalue weighted by Gasteiger charge is 2.01. The summed E-state index contributed by atoms with van der Waals surface area (Å²) in [6.07, 6.45) is 2.87. The van der Waals surface area contributed by atoms with Crippen LogP contribution in [0.25, 0.3) is 0 Å². The van der Waals surface area contributed by atoms with Gasteiger partial charge in [0.05, 0.1) is 12.2 Å². The second kappa shape index (κ2) is 4.94. The third-order valence-electron chi connectivity index (χ3n) is 2.78. The van der Waals surface area contributed by atoms with Gasteiger partial charge in [0, 0.05) is 12.7 Å². The van der Waals surface area contributed by atoms with E-state index in [-0.39, 0.29) is 0 Å². The van der Waals surface area contributed by atoms with E-state index in [1.54, 1.807) is 6.20 Å². The van der Waals surface area contributed by atoms with Gasteiger partial charge in [-0.1, -0.05) is 31.2 Å². The molecule has 0 radical (unpaired) electrons. The van der Waals surface area contributed by atoms with Crippen molar-refractivity contribution in [2.45, 2.75) is 26.4 Å². The van der Waals surface area contributed by atoms with Crippen molar-refractivity contribution in [3.8, 4) is 0 Å². The molecule has 2 N–H and O–H groups in total. The first-order chi connectivity index (χ1) is 7.83. The summed E-state index contributed by atoms with van der Waals surface area (Å²) in [6, 6.07) is 10.6. The van der Waals surface area contributed by atoms with E-state index in [1.807, 2.05) is 10.7 Å². The number of hydrogen-bond acceptors (Lipinski definition) is 2. The lowest BCUT2D eigenvalue weighted by Crippen LogP contribution is -2.09. The number of aromatic nitrogens is 2. The summed E-state index contributed by atoms with van der Waals surface area (Å²) in [6.45, 7) is 3.49. The Morgan fingerprint density at radius 2 is 1.81 bits per heavy atom. The van der Waals surface area contributed by atoms with Crippen molar-refractivity contribution in [1.82, 2.24) is 9.78 Å². The molecule has 1 aromatic heterocycles. The zero-order valence-electron chi connectivity index (χ0n) is 9.56. The van der Waals surface area contributed by atoms with E-state index in [2.05, 4.69) is 36.3 Å². The highest BCUT2D eigenvalue weighted by molar-refractivity contribution is 5.23. The smallest absolute Gasteiger partial charge is 0.0663 e. The molecule has 0 aliphatic carbocycles. The molecule has 0 bridgehead atoms. The van der Waals surface area contributed by atoms with Gasteiger partial charge in [-0.2, -0.15) is 5.10 Å². The number of nitrogens with two attached hydrogens (primary N) is 1. The molecule has 1 aromatic carbocycles. The van der Waals surface area contributed by atoms with Crippen molar-refractivity contribution in [2.24, 2.45) is 5.73 Å². The van der Waals surface area contributed by atoms with Gasteiger partial charge in [-0.3, -0.25) is 4.68 Å². The maximum atomic E-state index is 5.63. The van der Waals surface area contributed by atoms with Gasteiger partial charge in [-0.05, 0) is 23.6 Å². The molecular formula is C13H17N3. The fourth-order valence-electron chi connectivity index (χ4n) is 1.73. The Bertz CT molecular complexity index is 442. The van der Waals surface area contributed by atoms with Crippen LogP contribution in [0.15, 0.2) is 36.5 Å². The average Bonchev–Trinajstić information content (AvgIpc) is 2.77. The van der Waals surface area contributed by atoms with Crippen LogP contribution < -0.4 is 5.73 Å². The standard InChI is InChI=1S/C13H17N3/c1-2-11-3-5-12(6-4-11)10-16-13(9-14)7-8-15-16/h3-8H,2,9-10,14H2,1H3. The Kier molecular flexibility index (Phi) is 3.37. The van der Waals surface area contributed by atoms with Gasteiger partial charge >= 0.3 is 0 Å². The average molecular weight is 215 g/mol. The van der Waals surface area contributed by atoms with Crippen molar-refractivity contribution in [2.75, 3.05) is 0 Å². The summed E-state index contributed by atoms with van der Waals surface area (Å²) >= 11 is 0. The van der Waals surface area contributed by atoms with Gasteiger partial charge < -0.3 is 5.73 Å². The van der Waals surface area contributed by atoms with Crippen molar-refractivity contribution in [1.29, 1.82) is 0 Å². The molecule has 0 fully saturated rings. The monoisotopic (exact) mass is 215 g/mol. The predicted octanol–water partition coefficient (Wildman–Crippen LogP) is 1.95. The first kappa shape index (κ1) is 10.9. The number of aryl methyl sites for hydroxylation is 1. The maximum Gasteiger partial charge on any atom is 0.0663 e. The summed E-state index contributed by atoms with van der Waals surface area (Å²) < 4.78 is 1.95. The Labute approximate surface area is 95.9 Å². The highest BCUT2D eigenvalue weighted by Crippen LogP contribution is 2.08. The van der Waals surface area contributed by atoms with Crippen LogP contribution in [-0.2, 0) is 19.5 Å². The van der Waals surface area contributed by atoms with E-state index in [0.717, 1.165) is 18.7 Å². The topological polar surface area (TPSA) is 43.8 Å². The first-order valence-corrected chi connectivity index (χ1v) is 5.62. The number of nitrogens with zero attached hydrogens (tertiary/aromatic N) is 2. The molecule has 0 amide bonds. The van der Waals surface area contributed by atoms with E-state index >= 15 is 0 Å². The molecule has 1 heterocycles. The number of hydrogen-bond donors (Lipinski definition) is 1.